The molecule has 1 aromatic heterocycles. The van der Waals surface area contributed by atoms with Crippen molar-refractivity contribution in [3.05, 3.63) is 34.6 Å². The Balaban J connectivity index is 2.73. The average Bonchev–Trinajstić information content (AvgIpc) is 2.29. The Morgan fingerprint density at radius 2 is 1.25 bits per heavy atom. The molecule has 1 aromatic carbocycles. The lowest BCUT2D eigenvalue weighted by Crippen LogP contribution is -1.99. The third-order valence-electron chi connectivity index (χ3n) is 2.69. The summed E-state index contributed by atoms with van der Waals surface area (Å²) in [5.41, 5.74) is 6.48. The van der Waals surface area contributed by atoms with Gasteiger partial charge in [0, 0.05) is 10.7 Å². The van der Waals surface area contributed by atoms with Gasteiger partial charge in [0.15, 0.2) is 0 Å². The van der Waals surface area contributed by atoms with E-state index in [1.54, 1.807) is 0 Å². The molecule has 2 rings (SSSR count). The van der Waals surface area contributed by atoms with E-state index < -0.39 is 0 Å². The number of alkyl halides is 2. The zero-order valence-corrected chi connectivity index (χ0v) is 12.4. The van der Waals surface area contributed by atoms with Crippen LogP contribution in [0.4, 0.5) is 0 Å². The molecule has 16 heavy (non-hydrogen) atoms. The predicted molar refractivity (Wildman–Crippen MR) is 74.3 cm³/mol. The molecule has 0 fully saturated rings. The zero-order valence-electron chi connectivity index (χ0n) is 9.22. The maximum atomic E-state index is 4.63. The fraction of sp³-hybridized carbons (Fsp3) is 0.333. The van der Waals surface area contributed by atoms with Gasteiger partial charge in [0.1, 0.15) is 0 Å². The number of hydrogen-bond acceptors (Lipinski definition) is 2. The van der Waals surface area contributed by atoms with E-state index in [4.69, 9.17) is 0 Å². The predicted octanol–water partition coefficient (Wildman–Crippen LogP) is 4.04. The van der Waals surface area contributed by atoms with E-state index in [0.29, 0.717) is 0 Å². The van der Waals surface area contributed by atoms with E-state index in [9.17, 15) is 0 Å². The Labute approximate surface area is 112 Å². The minimum atomic E-state index is 0.740. The molecule has 84 valence electrons. The highest BCUT2D eigenvalue weighted by molar-refractivity contribution is 9.09. The Morgan fingerprint density at radius 3 is 1.56 bits per heavy atom. The summed E-state index contributed by atoms with van der Waals surface area (Å²) in [5, 5.41) is 1.48. The highest BCUT2D eigenvalue weighted by atomic mass is 79.9. The van der Waals surface area contributed by atoms with Crippen molar-refractivity contribution >= 4 is 42.9 Å². The van der Waals surface area contributed by atoms with Crippen LogP contribution >= 0.6 is 31.9 Å². The molecule has 0 N–H and O–H groups in total. The molecule has 0 saturated heterocycles. The van der Waals surface area contributed by atoms with Crippen LogP contribution in [0, 0.1) is 13.8 Å². The van der Waals surface area contributed by atoms with Crippen molar-refractivity contribution in [2.75, 3.05) is 0 Å². The third-order valence-corrected chi connectivity index (χ3v) is 3.75. The van der Waals surface area contributed by atoms with Gasteiger partial charge in [-0.25, -0.2) is 9.97 Å². The van der Waals surface area contributed by atoms with Crippen LogP contribution in [-0.2, 0) is 10.7 Å². The number of halogens is 2. The molecule has 4 heteroatoms. The van der Waals surface area contributed by atoms with Crippen molar-refractivity contribution in [1.82, 2.24) is 9.97 Å². The number of hydrogen-bond donors (Lipinski definition) is 0. The van der Waals surface area contributed by atoms with Gasteiger partial charge in [0.05, 0.1) is 22.4 Å². The lowest BCUT2D eigenvalue weighted by molar-refractivity contribution is 1.08. The van der Waals surface area contributed by atoms with Gasteiger partial charge in [0.2, 0.25) is 0 Å². The second kappa shape index (κ2) is 4.80. The first-order valence-corrected chi connectivity index (χ1v) is 7.28. The molecular weight excluding hydrogens is 332 g/mol. The summed E-state index contributed by atoms with van der Waals surface area (Å²) in [7, 11) is 0. The number of nitrogens with zero attached hydrogens (tertiary/aromatic N) is 2. The van der Waals surface area contributed by atoms with Crippen LogP contribution in [0.1, 0.15) is 22.5 Å². The molecule has 2 nitrogen and oxygen atoms in total. The maximum absolute atomic E-state index is 4.63. The largest absolute Gasteiger partial charge is 0.248 e. The van der Waals surface area contributed by atoms with Crippen LogP contribution in [0.3, 0.4) is 0 Å². The van der Waals surface area contributed by atoms with Crippen molar-refractivity contribution in [1.29, 1.82) is 0 Å². The molecule has 0 bridgehead atoms. The third kappa shape index (κ3) is 2.13. The molecule has 0 spiro atoms. The summed E-state index contributed by atoms with van der Waals surface area (Å²) in [4.78, 5) is 9.25. The lowest BCUT2D eigenvalue weighted by Gasteiger charge is -2.07. The number of fused-ring (bicyclic) bond motifs is 1. The van der Waals surface area contributed by atoms with E-state index in [1.807, 2.05) is 0 Å². The van der Waals surface area contributed by atoms with Crippen LogP contribution in [0.5, 0.6) is 0 Å². The van der Waals surface area contributed by atoms with Gasteiger partial charge in [-0.2, -0.15) is 0 Å². The Bertz CT molecular complexity index is 490. The molecule has 0 saturated carbocycles. The van der Waals surface area contributed by atoms with E-state index in [2.05, 4.69) is 67.8 Å². The SMILES string of the molecule is Cc1cc2nc(CBr)c(CBr)nc2cc1C. The summed E-state index contributed by atoms with van der Waals surface area (Å²) >= 11 is 6.89. The average molecular weight is 344 g/mol. The number of aromatic nitrogens is 2. The van der Waals surface area contributed by atoms with Crippen LogP contribution in [0.15, 0.2) is 12.1 Å². The van der Waals surface area contributed by atoms with Crippen molar-refractivity contribution in [3.8, 4) is 0 Å². The molecule has 0 aliphatic rings. The van der Waals surface area contributed by atoms with Crippen molar-refractivity contribution in [3.63, 3.8) is 0 Å². The van der Waals surface area contributed by atoms with E-state index in [-0.39, 0.29) is 0 Å². The van der Waals surface area contributed by atoms with Gasteiger partial charge in [-0.05, 0) is 37.1 Å². The summed E-state index contributed by atoms with van der Waals surface area (Å²) in [6, 6.07) is 4.20. The minimum absolute atomic E-state index is 0.740. The molecular formula is C12H12Br2N2. The topological polar surface area (TPSA) is 25.8 Å². The molecule has 0 atom stereocenters. The van der Waals surface area contributed by atoms with Crippen LogP contribution in [-0.4, -0.2) is 9.97 Å². The van der Waals surface area contributed by atoms with E-state index >= 15 is 0 Å². The molecule has 0 aliphatic carbocycles. The normalized spacial score (nSPS) is 11.0. The second-order valence-electron chi connectivity index (χ2n) is 3.81. The van der Waals surface area contributed by atoms with Gasteiger partial charge in [0.25, 0.3) is 0 Å². The molecule has 0 unspecified atom stereocenters. The Kier molecular flexibility index (Phi) is 3.60. The van der Waals surface area contributed by atoms with Crippen molar-refractivity contribution < 1.29 is 0 Å². The smallest absolute Gasteiger partial charge is 0.0893 e. The standard InChI is InChI=1S/C12H12Br2N2/c1-7-3-9-10(4-8(7)2)16-12(6-14)11(5-13)15-9/h3-4H,5-6H2,1-2H3. The zero-order chi connectivity index (χ0) is 11.7. The monoisotopic (exact) mass is 342 g/mol. The van der Waals surface area contributed by atoms with Gasteiger partial charge < -0.3 is 0 Å². The van der Waals surface area contributed by atoms with Gasteiger partial charge in [-0.15, -0.1) is 0 Å². The first-order valence-electron chi connectivity index (χ1n) is 5.04. The van der Waals surface area contributed by atoms with Crippen molar-refractivity contribution in [2.24, 2.45) is 0 Å². The fourth-order valence-corrected chi connectivity index (χ4v) is 2.50. The van der Waals surface area contributed by atoms with E-state index in [1.165, 1.54) is 11.1 Å². The summed E-state index contributed by atoms with van der Waals surface area (Å²) in [6.45, 7) is 4.20. The number of benzene rings is 1. The molecule has 1 heterocycles. The highest BCUT2D eigenvalue weighted by Crippen LogP contribution is 2.20. The number of aryl methyl sites for hydroxylation is 2. The minimum Gasteiger partial charge on any atom is -0.248 e. The van der Waals surface area contributed by atoms with Crippen molar-refractivity contribution in [2.45, 2.75) is 24.5 Å². The molecule has 0 amide bonds. The maximum Gasteiger partial charge on any atom is 0.0893 e. The quantitative estimate of drug-likeness (QED) is 0.769. The van der Waals surface area contributed by atoms with E-state index in [0.717, 1.165) is 33.1 Å². The lowest BCUT2D eigenvalue weighted by atomic mass is 10.1. The number of rotatable bonds is 2. The summed E-state index contributed by atoms with van der Waals surface area (Å²) in [5.74, 6) is 0. The van der Waals surface area contributed by atoms with Gasteiger partial charge in [-0.1, -0.05) is 31.9 Å². The summed E-state index contributed by atoms with van der Waals surface area (Å²) < 4.78 is 0. The summed E-state index contributed by atoms with van der Waals surface area (Å²) in [6.07, 6.45) is 0. The van der Waals surface area contributed by atoms with Gasteiger partial charge in [-0.3, -0.25) is 0 Å². The molecule has 2 aromatic rings. The fourth-order valence-electron chi connectivity index (χ4n) is 1.60. The molecule has 0 radical (unpaired) electrons. The van der Waals surface area contributed by atoms with Gasteiger partial charge >= 0.3 is 0 Å². The Morgan fingerprint density at radius 1 is 0.875 bits per heavy atom. The Hall–Kier alpha value is -0.480. The highest BCUT2D eigenvalue weighted by Gasteiger charge is 2.07. The van der Waals surface area contributed by atoms with Crippen LogP contribution in [0.25, 0.3) is 11.0 Å². The molecule has 0 aliphatic heterocycles. The first-order chi connectivity index (χ1) is 7.65. The van der Waals surface area contributed by atoms with Crippen LogP contribution < -0.4 is 0 Å². The van der Waals surface area contributed by atoms with Crippen LogP contribution in [0.2, 0.25) is 0 Å². The second-order valence-corrected chi connectivity index (χ2v) is 4.93. The first kappa shape index (κ1) is 12.0.